The van der Waals surface area contributed by atoms with Crippen LogP contribution in [0.15, 0.2) is 38.4 Å². The number of likely N-dealkylation sites (tertiary alicyclic amines) is 1. The number of nitrogens with zero attached hydrogens (tertiary/aromatic N) is 3. The first-order chi connectivity index (χ1) is 17.3. The molecule has 4 rings (SSSR count). The third-order valence-electron chi connectivity index (χ3n) is 6.39. The molecule has 192 valence electrons. The SMILES string of the molecule is CCN(CCN1CCC(c2noc3cc(F)ccc23)CC1)C(=O)CCOC(=O)c1cc(=O)[nH]c(=O)[nH]1. The van der Waals surface area contributed by atoms with Crippen LogP contribution in [0.2, 0.25) is 0 Å². The molecule has 0 saturated carbocycles. The van der Waals surface area contributed by atoms with Crippen LogP contribution in [0.3, 0.4) is 0 Å². The number of amides is 1. The molecule has 0 radical (unpaired) electrons. The lowest BCUT2D eigenvalue weighted by atomic mass is 9.91. The zero-order valence-corrected chi connectivity index (χ0v) is 19.9. The number of hydrogen-bond acceptors (Lipinski definition) is 8. The highest BCUT2D eigenvalue weighted by atomic mass is 19.1. The molecule has 1 fully saturated rings. The molecule has 2 N–H and O–H groups in total. The molecule has 12 heteroatoms. The number of hydrogen-bond donors (Lipinski definition) is 2. The van der Waals surface area contributed by atoms with Crippen LogP contribution in [0.25, 0.3) is 11.0 Å². The Labute approximate surface area is 205 Å². The van der Waals surface area contributed by atoms with Crippen LogP contribution in [-0.2, 0) is 9.53 Å². The predicted molar refractivity (Wildman–Crippen MR) is 127 cm³/mol. The Kier molecular flexibility index (Phi) is 7.93. The highest BCUT2D eigenvalue weighted by Gasteiger charge is 2.25. The summed E-state index contributed by atoms with van der Waals surface area (Å²) in [5, 5.41) is 5.03. The number of esters is 1. The number of piperidine rings is 1. The first-order valence-electron chi connectivity index (χ1n) is 11.9. The molecular weight excluding hydrogens is 473 g/mol. The number of benzene rings is 1. The second-order valence-corrected chi connectivity index (χ2v) is 8.68. The Morgan fingerprint density at radius 1 is 1.22 bits per heavy atom. The number of H-pyrrole nitrogens is 2. The summed E-state index contributed by atoms with van der Waals surface area (Å²) in [6.45, 7) is 5.19. The average Bonchev–Trinajstić information content (AvgIpc) is 3.27. The highest BCUT2D eigenvalue weighted by Crippen LogP contribution is 2.32. The molecule has 1 aliphatic heterocycles. The number of carbonyl (C=O) groups excluding carboxylic acids is 2. The fourth-order valence-electron chi connectivity index (χ4n) is 4.42. The van der Waals surface area contributed by atoms with Gasteiger partial charge in [-0.05, 0) is 45.0 Å². The maximum Gasteiger partial charge on any atom is 0.355 e. The van der Waals surface area contributed by atoms with Gasteiger partial charge in [-0.1, -0.05) is 5.16 Å². The summed E-state index contributed by atoms with van der Waals surface area (Å²) < 4.78 is 23.7. The molecule has 11 nitrogen and oxygen atoms in total. The van der Waals surface area contributed by atoms with Crippen molar-refractivity contribution in [3.8, 4) is 0 Å². The van der Waals surface area contributed by atoms with Gasteiger partial charge in [0.25, 0.3) is 5.56 Å². The minimum Gasteiger partial charge on any atom is -0.460 e. The van der Waals surface area contributed by atoms with E-state index in [1.165, 1.54) is 12.1 Å². The van der Waals surface area contributed by atoms with Crippen molar-refractivity contribution >= 4 is 22.8 Å². The topological polar surface area (TPSA) is 142 Å². The van der Waals surface area contributed by atoms with Crippen LogP contribution in [0, 0.1) is 5.82 Å². The van der Waals surface area contributed by atoms with E-state index in [0.717, 1.165) is 43.1 Å². The van der Waals surface area contributed by atoms with Gasteiger partial charge < -0.3 is 24.0 Å². The van der Waals surface area contributed by atoms with E-state index < -0.39 is 17.2 Å². The molecule has 0 bridgehead atoms. The number of halogens is 1. The van der Waals surface area contributed by atoms with Crippen LogP contribution in [-0.4, -0.2) is 76.1 Å². The highest BCUT2D eigenvalue weighted by molar-refractivity contribution is 5.87. The van der Waals surface area contributed by atoms with Crippen LogP contribution in [0.4, 0.5) is 4.39 Å². The molecular formula is C24H28FN5O6. The second kappa shape index (κ2) is 11.3. The van der Waals surface area contributed by atoms with E-state index in [0.29, 0.717) is 25.2 Å². The van der Waals surface area contributed by atoms with Crippen molar-refractivity contribution in [3.63, 3.8) is 0 Å². The van der Waals surface area contributed by atoms with Crippen LogP contribution < -0.4 is 11.2 Å². The van der Waals surface area contributed by atoms with Crippen molar-refractivity contribution in [3.05, 3.63) is 62.3 Å². The van der Waals surface area contributed by atoms with Gasteiger partial charge in [-0.25, -0.2) is 14.0 Å². The van der Waals surface area contributed by atoms with E-state index in [9.17, 15) is 23.6 Å². The van der Waals surface area contributed by atoms with Crippen LogP contribution >= 0.6 is 0 Å². The zero-order chi connectivity index (χ0) is 25.7. The molecule has 36 heavy (non-hydrogen) atoms. The minimum atomic E-state index is -0.873. The predicted octanol–water partition coefficient (Wildman–Crippen LogP) is 1.62. The Hall–Kier alpha value is -3.80. The molecule has 1 aromatic carbocycles. The summed E-state index contributed by atoms with van der Waals surface area (Å²) in [4.78, 5) is 55.3. The summed E-state index contributed by atoms with van der Waals surface area (Å²) in [6.07, 6.45) is 1.77. The van der Waals surface area contributed by atoms with Gasteiger partial charge in [0, 0.05) is 43.1 Å². The summed E-state index contributed by atoms with van der Waals surface area (Å²) in [6, 6.07) is 5.41. The van der Waals surface area contributed by atoms with Gasteiger partial charge in [0.2, 0.25) is 5.91 Å². The molecule has 0 unspecified atom stereocenters. The normalized spacial score (nSPS) is 14.7. The lowest BCUT2D eigenvalue weighted by Crippen LogP contribution is -2.41. The Morgan fingerprint density at radius 3 is 2.72 bits per heavy atom. The van der Waals surface area contributed by atoms with Crippen molar-refractivity contribution < 1.29 is 23.2 Å². The summed E-state index contributed by atoms with van der Waals surface area (Å²) in [5.74, 6) is -1.14. The lowest BCUT2D eigenvalue weighted by Gasteiger charge is -2.33. The molecule has 1 aliphatic rings. The number of nitrogens with one attached hydrogen (secondary N) is 2. The third-order valence-corrected chi connectivity index (χ3v) is 6.39. The number of aromatic nitrogens is 3. The van der Waals surface area contributed by atoms with E-state index in [2.05, 4.69) is 15.0 Å². The summed E-state index contributed by atoms with van der Waals surface area (Å²) in [5.41, 5.74) is -0.461. The molecule has 0 spiro atoms. The average molecular weight is 502 g/mol. The Bertz CT molecular complexity index is 1310. The van der Waals surface area contributed by atoms with E-state index in [-0.39, 0.29) is 36.4 Å². The zero-order valence-electron chi connectivity index (χ0n) is 19.9. The summed E-state index contributed by atoms with van der Waals surface area (Å²) in [7, 11) is 0. The third kappa shape index (κ3) is 6.06. The molecule has 3 heterocycles. The number of aromatic amines is 2. The van der Waals surface area contributed by atoms with Crippen molar-refractivity contribution in [2.24, 2.45) is 0 Å². The first-order valence-corrected chi connectivity index (χ1v) is 11.9. The number of rotatable bonds is 9. The van der Waals surface area contributed by atoms with E-state index >= 15 is 0 Å². The maximum absolute atomic E-state index is 13.4. The molecule has 0 atom stereocenters. The molecule has 1 saturated heterocycles. The minimum absolute atomic E-state index is 0.00506. The Morgan fingerprint density at radius 2 is 2.00 bits per heavy atom. The van der Waals surface area contributed by atoms with E-state index in [1.807, 2.05) is 11.9 Å². The van der Waals surface area contributed by atoms with Gasteiger partial charge in [-0.2, -0.15) is 0 Å². The van der Waals surface area contributed by atoms with Crippen molar-refractivity contribution in [2.75, 3.05) is 39.3 Å². The fraction of sp³-hybridized carbons (Fsp3) is 0.458. The number of ether oxygens (including phenoxy) is 1. The van der Waals surface area contributed by atoms with Gasteiger partial charge in [0.15, 0.2) is 5.58 Å². The van der Waals surface area contributed by atoms with E-state index in [4.69, 9.17) is 9.26 Å². The quantitative estimate of drug-likeness (QED) is 0.421. The standard InChI is InChI=1S/C24H28FN5O6/c1-2-30(21(32)7-12-35-23(33)18-14-20(31)27-24(34)26-18)11-10-29-8-5-15(6-9-29)22-17-4-3-16(25)13-19(17)36-28-22/h3-4,13-15H,2,5-12H2,1H3,(H2,26,27,31,34). The molecule has 2 aromatic heterocycles. The second-order valence-electron chi connectivity index (χ2n) is 8.68. The largest absolute Gasteiger partial charge is 0.460 e. The maximum atomic E-state index is 13.4. The van der Waals surface area contributed by atoms with Gasteiger partial charge in [-0.15, -0.1) is 0 Å². The fourth-order valence-corrected chi connectivity index (χ4v) is 4.42. The van der Waals surface area contributed by atoms with E-state index in [1.54, 1.807) is 11.0 Å². The van der Waals surface area contributed by atoms with Crippen LogP contribution in [0.5, 0.6) is 0 Å². The smallest absolute Gasteiger partial charge is 0.355 e. The van der Waals surface area contributed by atoms with Gasteiger partial charge >= 0.3 is 11.7 Å². The van der Waals surface area contributed by atoms with Crippen molar-refractivity contribution in [1.82, 2.24) is 24.9 Å². The van der Waals surface area contributed by atoms with Gasteiger partial charge in [0.1, 0.15) is 18.1 Å². The monoisotopic (exact) mass is 501 g/mol. The number of likely N-dealkylation sites (N-methyl/N-ethyl adjacent to an activating group) is 1. The van der Waals surface area contributed by atoms with Gasteiger partial charge in [-0.3, -0.25) is 14.6 Å². The molecule has 3 aromatic rings. The Balaban J connectivity index is 1.21. The summed E-state index contributed by atoms with van der Waals surface area (Å²) >= 11 is 0. The number of carbonyl (C=O) groups is 2. The van der Waals surface area contributed by atoms with Crippen molar-refractivity contribution in [1.29, 1.82) is 0 Å². The van der Waals surface area contributed by atoms with Gasteiger partial charge in [0.05, 0.1) is 12.1 Å². The molecule has 0 aliphatic carbocycles. The van der Waals surface area contributed by atoms with Crippen LogP contribution in [0.1, 0.15) is 48.3 Å². The molecule has 1 amide bonds. The first kappa shape index (κ1) is 25.3. The van der Waals surface area contributed by atoms with Crippen molar-refractivity contribution in [2.45, 2.75) is 32.1 Å². The number of fused-ring (bicyclic) bond motifs is 1. The lowest BCUT2D eigenvalue weighted by molar-refractivity contribution is -0.132.